The Bertz CT molecular complexity index is 345. The molecule has 2 aliphatic carbocycles. The van der Waals surface area contributed by atoms with Crippen molar-refractivity contribution in [2.24, 2.45) is 0 Å². The first-order chi connectivity index (χ1) is 9.43. The van der Waals surface area contributed by atoms with Crippen LogP contribution in [0.1, 0.15) is 56.9 Å². The molecular weight excluding hydrogens is 247 g/mol. The minimum atomic E-state index is 0.313. The van der Waals surface area contributed by atoms with Crippen LogP contribution in [0.3, 0.4) is 0 Å². The molecule has 3 rings (SSSR count). The predicted molar refractivity (Wildman–Crippen MR) is 86.4 cm³/mol. The molecule has 0 atom stereocenters. The third-order valence-electron chi connectivity index (χ3n) is 5.09. The van der Waals surface area contributed by atoms with Gasteiger partial charge in [0.25, 0.3) is 0 Å². The van der Waals surface area contributed by atoms with Crippen LogP contribution in [0.25, 0.3) is 0 Å². The average molecular weight is 274 g/mol. The molecule has 1 aromatic rings. The summed E-state index contributed by atoms with van der Waals surface area (Å²) in [5, 5.41) is 0. The molecule has 0 amide bonds. The van der Waals surface area contributed by atoms with Crippen LogP contribution in [-0.2, 0) is 6.42 Å². The van der Waals surface area contributed by atoms with E-state index in [0.717, 1.165) is 11.3 Å². The molecule has 0 heterocycles. The van der Waals surface area contributed by atoms with Crippen LogP contribution in [0.5, 0.6) is 0 Å². The van der Waals surface area contributed by atoms with Crippen LogP contribution in [0.2, 0.25) is 0 Å². The van der Waals surface area contributed by atoms with Crippen molar-refractivity contribution in [1.29, 1.82) is 0 Å². The maximum atomic E-state index is 2.32. The highest BCUT2D eigenvalue weighted by atomic mass is 31.1. The van der Waals surface area contributed by atoms with Gasteiger partial charge >= 0.3 is 0 Å². The Morgan fingerprint density at radius 3 is 1.84 bits per heavy atom. The van der Waals surface area contributed by atoms with Gasteiger partial charge in [0.2, 0.25) is 0 Å². The van der Waals surface area contributed by atoms with Crippen LogP contribution in [0.4, 0.5) is 0 Å². The Labute approximate surface area is 119 Å². The van der Waals surface area contributed by atoms with Crippen molar-refractivity contribution in [3.8, 4) is 0 Å². The van der Waals surface area contributed by atoms with Gasteiger partial charge in [0.15, 0.2) is 0 Å². The van der Waals surface area contributed by atoms with Crippen LogP contribution in [0, 0.1) is 0 Å². The quantitative estimate of drug-likeness (QED) is 0.613. The van der Waals surface area contributed by atoms with Crippen molar-refractivity contribution in [1.82, 2.24) is 0 Å². The summed E-state index contributed by atoms with van der Waals surface area (Å²) in [4.78, 5) is 0. The third-order valence-corrected chi connectivity index (χ3v) is 8.74. The standard InChI is InChI=1S/C18H27P/c1-2-8-16(9-3-1)14-15-19(17-10-4-5-11-17)18-12-6-7-13-18/h1-3,8-9,17-18H,4-7,10-15H2. The molecule has 1 heteroatoms. The lowest BCUT2D eigenvalue weighted by molar-refractivity contribution is 0.820. The molecule has 0 radical (unpaired) electrons. The SMILES string of the molecule is c1ccc(CCP(C2CCCC2)C2CCCC2)cc1. The molecule has 2 fully saturated rings. The van der Waals surface area contributed by atoms with Gasteiger partial charge in [0.05, 0.1) is 0 Å². The van der Waals surface area contributed by atoms with Gasteiger partial charge < -0.3 is 0 Å². The first-order valence-electron chi connectivity index (χ1n) is 8.23. The van der Waals surface area contributed by atoms with Gasteiger partial charge in [0, 0.05) is 0 Å². The number of benzene rings is 1. The van der Waals surface area contributed by atoms with Crippen molar-refractivity contribution in [2.45, 2.75) is 69.1 Å². The monoisotopic (exact) mass is 274 g/mol. The van der Waals surface area contributed by atoms with Gasteiger partial charge in [-0.2, -0.15) is 0 Å². The Kier molecular flexibility index (Phi) is 4.94. The average Bonchev–Trinajstić information content (AvgIpc) is 3.13. The van der Waals surface area contributed by atoms with E-state index in [4.69, 9.17) is 0 Å². The van der Waals surface area contributed by atoms with E-state index in [2.05, 4.69) is 30.3 Å². The summed E-state index contributed by atoms with van der Waals surface area (Å²) in [5.41, 5.74) is 3.81. The highest BCUT2D eigenvalue weighted by molar-refractivity contribution is 7.59. The van der Waals surface area contributed by atoms with Crippen molar-refractivity contribution in [2.75, 3.05) is 6.16 Å². The lowest BCUT2D eigenvalue weighted by Crippen LogP contribution is -2.13. The Hall–Kier alpha value is -0.350. The topological polar surface area (TPSA) is 0 Å². The molecule has 0 spiro atoms. The highest BCUT2D eigenvalue weighted by Crippen LogP contribution is 2.57. The summed E-state index contributed by atoms with van der Waals surface area (Å²) in [5.74, 6) is 0. The van der Waals surface area contributed by atoms with Crippen molar-refractivity contribution >= 4 is 7.92 Å². The molecule has 0 bridgehead atoms. The molecule has 1 aromatic carbocycles. The summed E-state index contributed by atoms with van der Waals surface area (Å²) in [6, 6.07) is 11.2. The van der Waals surface area contributed by atoms with E-state index >= 15 is 0 Å². The van der Waals surface area contributed by atoms with Gasteiger partial charge in [0.1, 0.15) is 0 Å². The fourth-order valence-electron chi connectivity index (χ4n) is 4.04. The molecule has 19 heavy (non-hydrogen) atoms. The van der Waals surface area contributed by atoms with E-state index in [0.29, 0.717) is 7.92 Å². The molecule has 0 nitrogen and oxygen atoms in total. The van der Waals surface area contributed by atoms with Gasteiger partial charge in [-0.15, -0.1) is 7.92 Å². The highest BCUT2D eigenvalue weighted by Gasteiger charge is 2.32. The Morgan fingerprint density at radius 2 is 1.32 bits per heavy atom. The number of hydrogen-bond acceptors (Lipinski definition) is 0. The van der Waals surface area contributed by atoms with E-state index in [9.17, 15) is 0 Å². The second-order valence-corrected chi connectivity index (χ2v) is 9.29. The molecular formula is C18H27P. The Balaban J connectivity index is 1.61. The second kappa shape index (κ2) is 6.89. The molecule has 0 N–H and O–H groups in total. The fraction of sp³-hybridized carbons (Fsp3) is 0.667. The molecule has 0 unspecified atom stereocenters. The van der Waals surface area contributed by atoms with Gasteiger partial charge in [-0.1, -0.05) is 56.0 Å². The summed E-state index contributed by atoms with van der Waals surface area (Å²) in [6.07, 6.45) is 15.1. The van der Waals surface area contributed by atoms with E-state index in [1.165, 1.54) is 38.3 Å². The van der Waals surface area contributed by atoms with Gasteiger partial charge in [-0.3, -0.25) is 0 Å². The van der Waals surface area contributed by atoms with Crippen molar-refractivity contribution in [3.63, 3.8) is 0 Å². The molecule has 2 aliphatic rings. The largest absolute Gasteiger partial charge is 0.100 e. The molecule has 0 aromatic heterocycles. The van der Waals surface area contributed by atoms with E-state index in [1.54, 1.807) is 31.2 Å². The molecule has 0 aliphatic heterocycles. The van der Waals surface area contributed by atoms with E-state index in [1.807, 2.05) is 0 Å². The zero-order valence-corrected chi connectivity index (χ0v) is 13.0. The first-order valence-corrected chi connectivity index (χ1v) is 9.90. The normalized spacial score (nSPS) is 21.5. The van der Waals surface area contributed by atoms with Crippen LogP contribution in [-0.4, -0.2) is 17.5 Å². The lowest BCUT2D eigenvalue weighted by Gasteiger charge is -2.30. The molecule has 104 valence electrons. The van der Waals surface area contributed by atoms with Crippen molar-refractivity contribution < 1.29 is 0 Å². The minimum Gasteiger partial charge on any atom is -0.100 e. The lowest BCUT2D eigenvalue weighted by atomic mass is 10.2. The zero-order chi connectivity index (χ0) is 12.9. The number of rotatable bonds is 5. The Morgan fingerprint density at radius 1 is 0.789 bits per heavy atom. The number of aryl methyl sites for hydroxylation is 1. The number of hydrogen-bond donors (Lipinski definition) is 0. The van der Waals surface area contributed by atoms with E-state index < -0.39 is 0 Å². The minimum absolute atomic E-state index is 0.313. The van der Waals surface area contributed by atoms with Crippen molar-refractivity contribution in [3.05, 3.63) is 35.9 Å². The fourth-order valence-corrected chi connectivity index (χ4v) is 7.94. The summed E-state index contributed by atoms with van der Waals surface area (Å²) in [7, 11) is 0.313. The van der Waals surface area contributed by atoms with Crippen LogP contribution >= 0.6 is 7.92 Å². The van der Waals surface area contributed by atoms with E-state index in [-0.39, 0.29) is 0 Å². The smallest absolute Gasteiger partial charge is 0.0207 e. The molecule has 2 saturated carbocycles. The third kappa shape index (κ3) is 3.60. The van der Waals surface area contributed by atoms with Crippen LogP contribution in [0.15, 0.2) is 30.3 Å². The predicted octanol–water partition coefficient (Wildman–Crippen LogP) is 5.60. The summed E-state index contributed by atoms with van der Waals surface area (Å²) < 4.78 is 0. The maximum absolute atomic E-state index is 2.32. The van der Waals surface area contributed by atoms with Gasteiger partial charge in [-0.25, -0.2) is 0 Å². The maximum Gasteiger partial charge on any atom is -0.0207 e. The summed E-state index contributed by atoms with van der Waals surface area (Å²) >= 11 is 0. The second-order valence-electron chi connectivity index (χ2n) is 6.35. The van der Waals surface area contributed by atoms with Crippen LogP contribution < -0.4 is 0 Å². The first kappa shape index (κ1) is 13.6. The summed E-state index contributed by atoms with van der Waals surface area (Å²) in [6.45, 7) is 0. The van der Waals surface area contributed by atoms with Gasteiger partial charge in [-0.05, 0) is 55.1 Å². The molecule has 0 saturated heterocycles. The zero-order valence-electron chi connectivity index (χ0n) is 12.1.